The highest BCUT2D eigenvalue weighted by molar-refractivity contribution is 5.85. The van der Waals surface area contributed by atoms with E-state index in [9.17, 15) is 0 Å². The van der Waals surface area contributed by atoms with Crippen LogP contribution >= 0.6 is 12.4 Å². The Labute approximate surface area is 55.8 Å². The average molecular weight is 138 g/mol. The summed E-state index contributed by atoms with van der Waals surface area (Å²) in [5.74, 6) is 0. The summed E-state index contributed by atoms with van der Waals surface area (Å²) in [5.41, 5.74) is 5.51. The van der Waals surface area contributed by atoms with E-state index in [1.165, 1.54) is 0 Å². The minimum atomic E-state index is 0. The van der Waals surface area contributed by atoms with Crippen LogP contribution in [0, 0.1) is 0 Å². The molecule has 0 radical (unpaired) electrons. The number of methoxy groups -OCH3 is 1. The minimum Gasteiger partial charge on any atom is -0.380 e. The Morgan fingerprint density at radius 2 is 2.12 bits per heavy atom. The van der Waals surface area contributed by atoms with Crippen LogP contribution in [0.5, 0.6) is 0 Å². The summed E-state index contributed by atoms with van der Waals surface area (Å²) in [7, 11) is 1.71. The molecular weight excluding hydrogens is 126 g/mol. The normalized spacial score (nSPS) is 35.2. The molecule has 1 fully saturated rings. The van der Waals surface area contributed by atoms with Gasteiger partial charge in [0.05, 0.1) is 6.10 Å². The van der Waals surface area contributed by atoms with Gasteiger partial charge in [-0.2, -0.15) is 0 Å². The summed E-state index contributed by atoms with van der Waals surface area (Å²) in [6, 6.07) is 0.324. The van der Waals surface area contributed by atoms with Crippen LogP contribution in [0.3, 0.4) is 0 Å². The molecule has 0 saturated heterocycles. The molecule has 0 bridgehead atoms. The molecule has 1 saturated carbocycles. The Bertz CT molecular complexity index is 67.4. The number of hydrogen-bond donors (Lipinski definition) is 1. The lowest BCUT2D eigenvalue weighted by Gasteiger charge is -2.31. The summed E-state index contributed by atoms with van der Waals surface area (Å²) >= 11 is 0. The monoisotopic (exact) mass is 137 g/mol. The first kappa shape index (κ1) is 8.21. The van der Waals surface area contributed by atoms with Crippen LogP contribution in [-0.2, 0) is 4.74 Å². The third-order valence-corrected chi connectivity index (χ3v) is 1.56. The van der Waals surface area contributed by atoms with E-state index >= 15 is 0 Å². The van der Waals surface area contributed by atoms with Crippen molar-refractivity contribution in [3.8, 4) is 0 Å². The SMILES string of the molecule is COC1CCC1N.Cl. The molecule has 3 heteroatoms. The van der Waals surface area contributed by atoms with Crippen LogP contribution in [0.25, 0.3) is 0 Å². The van der Waals surface area contributed by atoms with Crippen molar-refractivity contribution in [2.75, 3.05) is 7.11 Å². The zero-order chi connectivity index (χ0) is 5.28. The zero-order valence-electron chi connectivity index (χ0n) is 4.96. The van der Waals surface area contributed by atoms with Gasteiger partial charge in [0.2, 0.25) is 0 Å². The second-order valence-electron chi connectivity index (χ2n) is 2.02. The molecular formula is C5H12ClNO. The maximum absolute atomic E-state index is 5.51. The van der Waals surface area contributed by atoms with Crippen molar-refractivity contribution in [2.45, 2.75) is 25.0 Å². The second-order valence-corrected chi connectivity index (χ2v) is 2.02. The third-order valence-electron chi connectivity index (χ3n) is 1.56. The van der Waals surface area contributed by atoms with Crippen molar-refractivity contribution < 1.29 is 4.74 Å². The molecule has 2 nitrogen and oxygen atoms in total. The van der Waals surface area contributed by atoms with Crippen molar-refractivity contribution in [1.82, 2.24) is 0 Å². The fraction of sp³-hybridized carbons (Fsp3) is 1.00. The summed E-state index contributed by atoms with van der Waals surface area (Å²) in [6.45, 7) is 0. The standard InChI is InChI=1S/C5H11NO.ClH/c1-7-5-3-2-4(5)6;/h4-5H,2-3,6H2,1H3;1H. The number of ether oxygens (including phenoxy) is 1. The van der Waals surface area contributed by atoms with Gasteiger partial charge in [-0.3, -0.25) is 0 Å². The van der Waals surface area contributed by atoms with Gasteiger partial charge in [0.1, 0.15) is 0 Å². The Morgan fingerprint density at radius 1 is 1.50 bits per heavy atom. The van der Waals surface area contributed by atoms with Crippen molar-refractivity contribution in [2.24, 2.45) is 5.73 Å². The van der Waals surface area contributed by atoms with Crippen molar-refractivity contribution in [3.63, 3.8) is 0 Å². The van der Waals surface area contributed by atoms with Crippen molar-refractivity contribution >= 4 is 12.4 Å². The molecule has 8 heavy (non-hydrogen) atoms. The Balaban J connectivity index is 0.000000490. The Hall–Kier alpha value is 0.210. The number of halogens is 1. The predicted molar refractivity (Wildman–Crippen MR) is 35.3 cm³/mol. The van der Waals surface area contributed by atoms with Gasteiger partial charge in [-0.25, -0.2) is 0 Å². The quantitative estimate of drug-likeness (QED) is 0.573. The van der Waals surface area contributed by atoms with Gasteiger partial charge in [0.15, 0.2) is 0 Å². The molecule has 0 aromatic carbocycles. The lowest BCUT2D eigenvalue weighted by molar-refractivity contribution is 0.0213. The smallest absolute Gasteiger partial charge is 0.0722 e. The number of hydrogen-bond acceptors (Lipinski definition) is 2. The fourth-order valence-electron chi connectivity index (χ4n) is 0.788. The highest BCUT2D eigenvalue weighted by Gasteiger charge is 2.26. The molecule has 1 rings (SSSR count). The van der Waals surface area contributed by atoms with E-state index in [1.54, 1.807) is 7.11 Å². The zero-order valence-corrected chi connectivity index (χ0v) is 5.78. The number of nitrogens with two attached hydrogens (primary N) is 1. The second kappa shape index (κ2) is 3.28. The van der Waals surface area contributed by atoms with Crippen LogP contribution in [0.1, 0.15) is 12.8 Å². The van der Waals surface area contributed by atoms with E-state index in [-0.39, 0.29) is 12.4 Å². The fourth-order valence-corrected chi connectivity index (χ4v) is 0.788. The van der Waals surface area contributed by atoms with Crippen molar-refractivity contribution in [1.29, 1.82) is 0 Å². The molecule has 2 N–H and O–H groups in total. The summed E-state index contributed by atoms with van der Waals surface area (Å²) < 4.78 is 4.97. The van der Waals surface area contributed by atoms with Gasteiger partial charge < -0.3 is 10.5 Å². The highest BCUT2D eigenvalue weighted by Crippen LogP contribution is 2.19. The Morgan fingerprint density at radius 3 is 2.12 bits per heavy atom. The minimum absolute atomic E-state index is 0. The molecule has 50 valence electrons. The molecule has 0 aliphatic heterocycles. The molecule has 1 aliphatic carbocycles. The van der Waals surface area contributed by atoms with Crippen LogP contribution in [0.2, 0.25) is 0 Å². The largest absolute Gasteiger partial charge is 0.380 e. The van der Waals surface area contributed by atoms with Gasteiger partial charge in [0, 0.05) is 13.2 Å². The first-order chi connectivity index (χ1) is 3.34. The lowest BCUT2D eigenvalue weighted by Crippen LogP contribution is -2.45. The molecule has 1 aliphatic rings. The highest BCUT2D eigenvalue weighted by atomic mass is 35.5. The van der Waals surface area contributed by atoms with Gasteiger partial charge in [-0.15, -0.1) is 12.4 Å². The molecule has 0 heterocycles. The predicted octanol–water partition coefficient (Wildman–Crippen LogP) is 0.544. The molecule has 0 amide bonds. The number of rotatable bonds is 1. The van der Waals surface area contributed by atoms with E-state index < -0.39 is 0 Å². The summed E-state index contributed by atoms with van der Waals surface area (Å²) in [4.78, 5) is 0. The molecule has 0 aromatic rings. The summed E-state index contributed by atoms with van der Waals surface area (Å²) in [5, 5.41) is 0. The molecule has 2 atom stereocenters. The molecule has 0 spiro atoms. The average Bonchev–Trinajstić information content (AvgIpc) is 1.65. The first-order valence-electron chi connectivity index (χ1n) is 2.63. The van der Waals surface area contributed by atoms with Gasteiger partial charge in [-0.05, 0) is 12.8 Å². The first-order valence-corrected chi connectivity index (χ1v) is 2.63. The molecule has 0 aromatic heterocycles. The molecule has 2 unspecified atom stereocenters. The van der Waals surface area contributed by atoms with Crippen LogP contribution in [-0.4, -0.2) is 19.3 Å². The maximum Gasteiger partial charge on any atom is 0.0722 e. The van der Waals surface area contributed by atoms with E-state index in [1.807, 2.05) is 0 Å². The topological polar surface area (TPSA) is 35.2 Å². The van der Waals surface area contributed by atoms with Crippen LogP contribution < -0.4 is 5.73 Å². The van der Waals surface area contributed by atoms with E-state index in [0.29, 0.717) is 12.1 Å². The van der Waals surface area contributed by atoms with E-state index in [4.69, 9.17) is 10.5 Å². The maximum atomic E-state index is 5.51. The van der Waals surface area contributed by atoms with Crippen LogP contribution in [0.4, 0.5) is 0 Å². The van der Waals surface area contributed by atoms with E-state index in [2.05, 4.69) is 0 Å². The van der Waals surface area contributed by atoms with Gasteiger partial charge in [0.25, 0.3) is 0 Å². The van der Waals surface area contributed by atoms with Gasteiger partial charge in [-0.1, -0.05) is 0 Å². The van der Waals surface area contributed by atoms with E-state index in [0.717, 1.165) is 12.8 Å². The third kappa shape index (κ3) is 1.34. The van der Waals surface area contributed by atoms with Crippen molar-refractivity contribution in [3.05, 3.63) is 0 Å². The van der Waals surface area contributed by atoms with Gasteiger partial charge >= 0.3 is 0 Å². The van der Waals surface area contributed by atoms with Crippen LogP contribution in [0.15, 0.2) is 0 Å². The summed E-state index contributed by atoms with van der Waals surface area (Å²) in [6.07, 6.45) is 2.65. The lowest BCUT2D eigenvalue weighted by atomic mass is 9.90. The Kier molecular flexibility index (Phi) is 3.36.